The Balaban J connectivity index is 0.00000220. The second-order valence-electron chi connectivity index (χ2n) is 6.69. The van der Waals surface area contributed by atoms with Crippen LogP contribution in [0, 0.1) is 11.8 Å². The minimum Gasteiger partial charge on any atom is -0.461 e. The van der Waals surface area contributed by atoms with Crippen molar-refractivity contribution in [3.05, 3.63) is 0 Å². The maximum atomic E-state index is 12.5. The van der Waals surface area contributed by atoms with Crippen LogP contribution in [-0.4, -0.2) is 36.6 Å². The fourth-order valence-corrected chi connectivity index (χ4v) is 3.87. The molecule has 3 nitrogen and oxygen atoms in total. The van der Waals surface area contributed by atoms with Gasteiger partial charge in [-0.2, -0.15) is 0 Å². The molecule has 4 heteroatoms. The monoisotopic (exact) mass is 317 g/mol. The predicted molar refractivity (Wildman–Crippen MR) is 88.8 cm³/mol. The lowest BCUT2D eigenvalue weighted by Gasteiger charge is -2.25. The van der Waals surface area contributed by atoms with Crippen LogP contribution >= 0.6 is 12.4 Å². The SMILES string of the molecule is CCCC(C(=O)OC(C)CN1CCCC1)C1CCCC1.Cl. The zero-order valence-corrected chi connectivity index (χ0v) is 14.5. The number of rotatable bonds is 7. The van der Waals surface area contributed by atoms with Crippen molar-refractivity contribution in [2.24, 2.45) is 11.8 Å². The minimum absolute atomic E-state index is 0. The number of carbonyl (C=O) groups is 1. The molecule has 1 aliphatic heterocycles. The molecule has 0 aromatic carbocycles. The highest BCUT2D eigenvalue weighted by molar-refractivity contribution is 5.85. The molecule has 2 fully saturated rings. The quantitative estimate of drug-likeness (QED) is 0.664. The summed E-state index contributed by atoms with van der Waals surface area (Å²) in [5, 5.41) is 0. The lowest BCUT2D eigenvalue weighted by Crippen LogP contribution is -2.34. The number of halogens is 1. The Bertz CT molecular complexity index is 299. The van der Waals surface area contributed by atoms with Gasteiger partial charge in [0.25, 0.3) is 0 Å². The highest BCUT2D eigenvalue weighted by Gasteiger charge is 2.32. The van der Waals surface area contributed by atoms with E-state index in [0.717, 1.165) is 19.4 Å². The van der Waals surface area contributed by atoms with Crippen LogP contribution in [-0.2, 0) is 9.53 Å². The van der Waals surface area contributed by atoms with E-state index in [2.05, 4.69) is 11.8 Å². The molecule has 0 aromatic heterocycles. The van der Waals surface area contributed by atoms with Crippen molar-refractivity contribution in [2.45, 2.75) is 71.3 Å². The molecule has 1 heterocycles. The third-order valence-electron chi connectivity index (χ3n) is 4.90. The zero-order chi connectivity index (χ0) is 14.4. The normalized spacial score (nSPS) is 22.8. The van der Waals surface area contributed by atoms with Gasteiger partial charge in [0, 0.05) is 6.54 Å². The summed E-state index contributed by atoms with van der Waals surface area (Å²) in [6, 6.07) is 0. The molecule has 0 spiro atoms. The minimum atomic E-state index is 0. The first-order valence-corrected chi connectivity index (χ1v) is 8.63. The van der Waals surface area contributed by atoms with Crippen LogP contribution in [0.3, 0.4) is 0 Å². The van der Waals surface area contributed by atoms with Crippen LogP contribution in [0.15, 0.2) is 0 Å². The van der Waals surface area contributed by atoms with Gasteiger partial charge in [-0.05, 0) is 58.0 Å². The fourth-order valence-electron chi connectivity index (χ4n) is 3.87. The van der Waals surface area contributed by atoms with Crippen LogP contribution in [0.1, 0.15) is 65.2 Å². The highest BCUT2D eigenvalue weighted by Crippen LogP contribution is 2.34. The Morgan fingerprint density at radius 2 is 1.81 bits per heavy atom. The average Bonchev–Trinajstić information content (AvgIpc) is 3.08. The molecule has 2 unspecified atom stereocenters. The molecule has 2 atom stereocenters. The van der Waals surface area contributed by atoms with Crippen molar-refractivity contribution in [3.8, 4) is 0 Å². The summed E-state index contributed by atoms with van der Waals surface area (Å²) < 4.78 is 5.76. The summed E-state index contributed by atoms with van der Waals surface area (Å²) >= 11 is 0. The summed E-state index contributed by atoms with van der Waals surface area (Å²) in [4.78, 5) is 14.9. The van der Waals surface area contributed by atoms with E-state index in [0.29, 0.717) is 5.92 Å². The number of likely N-dealkylation sites (tertiary alicyclic amines) is 1. The maximum Gasteiger partial charge on any atom is 0.309 e. The van der Waals surface area contributed by atoms with Crippen LogP contribution in [0.5, 0.6) is 0 Å². The molecule has 2 aliphatic rings. The number of carbonyl (C=O) groups excluding carboxylic acids is 1. The van der Waals surface area contributed by atoms with Crippen molar-refractivity contribution >= 4 is 18.4 Å². The first-order valence-electron chi connectivity index (χ1n) is 8.63. The van der Waals surface area contributed by atoms with Crippen LogP contribution in [0.25, 0.3) is 0 Å². The predicted octanol–water partition coefficient (Wildman–Crippen LogP) is 4.04. The summed E-state index contributed by atoms with van der Waals surface area (Å²) in [7, 11) is 0. The van der Waals surface area contributed by atoms with E-state index < -0.39 is 0 Å². The van der Waals surface area contributed by atoms with Gasteiger partial charge < -0.3 is 4.74 Å². The van der Waals surface area contributed by atoms with Crippen LogP contribution in [0.2, 0.25) is 0 Å². The third-order valence-corrected chi connectivity index (χ3v) is 4.90. The lowest BCUT2D eigenvalue weighted by molar-refractivity contribution is -0.156. The smallest absolute Gasteiger partial charge is 0.309 e. The van der Waals surface area contributed by atoms with E-state index in [1.54, 1.807) is 0 Å². The van der Waals surface area contributed by atoms with Gasteiger partial charge in [0.1, 0.15) is 6.10 Å². The second kappa shape index (κ2) is 9.68. The van der Waals surface area contributed by atoms with Gasteiger partial charge >= 0.3 is 5.97 Å². The molecule has 1 aliphatic carbocycles. The van der Waals surface area contributed by atoms with Gasteiger partial charge in [0.2, 0.25) is 0 Å². The molecule has 0 radical (unpaired) electrons. The standard InChI is InChI=1S/C17H31NO2.ClH/c1-3-8-16(15-9-4-5-10-15)17(19)20-14(2)13-18-11-6-7-12-18;/h14-16H,3-13H2,1-2H3;1H. The first kappa shape index (κ1) is 18.8. The van der Waals surface area contributed by atoms with E-state index in [-0.39, 0.29) is 30.4 Å². The molecule has 0 aromatic rings. The van der Waals surface area contributed by atoms with E-state index >= 15 is 0 Å². The number of hydrogen-bond donors (Lipinski definition) is 0. The zero-order valence-electron chi connectivity index (χ0n) is 13.7. The largest absolute Gasteiger partial charge is 0.461 e. The number of ether oxygens (including phenoxy) is 1. The van der Waals surface area contributed by atoms with Crippen molar-refractivity contribution in [3.63, 3.8) is 0 Å². The van der Waals surface area contributed by atoms with Gasteiger partial charge in [-0.1, -0.05) is 26.2 Å². The van der Waals surface area contributed by atoms with Crippen molar-refractivity contribution in [1.82, 2.24) is 4.90 Å². The summed E-state index contributed by atoms with van der Waals surface area (Å²) in [5.41, 5.74) is 0. The van der Waals surface area contributed by atoms with Crippen molar-refractivity contribution in [1.29, 1.82) is 0 Å². The van der Waals surface area contributed by atoms with Gasteiger partial charge in [0.15, 0.2) is 0 Å². The molecule has 2 rings (SSSR count). The fraction of sp³-hybridized carbons (Fsp3) is 0.941. The van der Waals surface area contributed by atoms with E-state index in [9.17, 15) is 4.79 Å². The van der Waals surface area contributed by atoms with Gasteiger partial charge in [-0.15, -0.1) is 12.4 Å². The van der Waals surface area contributed by atoms with Crippen molar-refractivity contribution < 1.29 is 9.53 Å². The Hall–Kier alpha value is -0.280. The van der Waals surface area contributed by atoms with Gasteiger partial charge in [-0.25, -0.2) is 0 Å². The number of nitrogens with zero attached hydrogens (tertiary/aromatic N) is 1. The average molecular weight is 318 g/mol. The van der Waals surface area contributed by atoms with Crippen molar-refractivity contribution in [2.75, 3.05) is 19.6 Å². The summed E-state index contributed by atoms with van der Waals surface area (Å²) in [6.07, 6.45) is 9.74. The molecule has 1 saturated heterocycles. The lowest BCUT2D eigenvalue weighted by atomic mass is 9.87. The second-order valence-corrected chi connectivity index (χ2v) is 6.69. The molecule has 1 saturated carbocycles. The summed E-state index contributed by atoms with van der Waals surface area (Å²) in [5.74, 6) is 0.815. The topological polar surface area (TPSA) is 29.5 Å². The number of esters is 1. The number of hydrogen-bond acceptors (Lipinski definition) is 3. The Morgan fingerprint density at radius 1 is 1.19 bits per heavy atom. The Morgan fingerprint density at radius 3 is 2.38 bits per heavy atom. The Labute approximate surface area is 136 Å². The van der Waals surface area contributed by atoms with Gasteiger partial charge in [0.05, 0.1) is 5.92 Å². The molecule has 0 bridgehead atoms. The molecular weight excluding hydrogens is 286 g/mol. The molecule has 0 N–H and O–H groups in total. The molecular formula is C17H32ClNO2. The molecule has 21 heavy (non-hydrogen) atoms. The first-order chi connectivity index (χ1) is 9.70. The maximum absolute atomic E-state index is 12.5. The van der Waals surface area contributed by atoms with E-state index in [4.69, 9.17) is 4.74 Å². The highest BCUT2D eigenvalue weighted by atomic mass is 35.5. The van der Waals surface area contributed by atoms with Crippen LogP contribution < -0.4 is 0 Å². The Kier molecular flexibility index (Phi) is 8.65. The third kappa shape index (κ3) is 5.78. The summed E-state index contributed by atoms with van der Waals surface area (Å²) in [6.45, 7) is 7.47. The van der Waals surface area contributed by atoms with E-state index in [1.165, 1.54) is 51.6 Å². The van der Waals surface area contributed by atoms with Gasteiger partial charge in [-0.3, -0.25) is 9.69 Å². The molecule has 124 valence electrons. The van der Waals surface area contributed by atoms with Crippen LogP contribution in [0.4, 0.5) is 0 Å². The molecule has 0 amide bonds. The van der Waals surface area contributed by atoms with E-state index in [1.807, 2.05) is 6.92 Å².